The molecule has 1 aliphatic heterocycles. The van der Waals surface area contributed by atoms with E-state index < -0.39 is 5.82 Å². The van der Waals surface area contributed by atoms with Crippen LogP contribution in [0, 0.1) is 5.82 Å². The summed E-state index contributed by atoms with van der Waals surface area (Å²) in [6.45, 7) is 0.523. The Morgan fingerprint density at radius 2 is 2.11 bits per heavy atom. The van der Waals surface area contributed by atoms with Gasteiger partial charge in [0.2, 0.25) is 11.7 Å². The van der Waals surface area contributed by atoms with E-state index >= 15 is 0 Å². The average molecular weight is 367 g/mol. The van der Waals surface area contributed by atoms with E-state index in [1.54, 1.807) is 24.1 Å². The normalized spacial score (nSPS) is 16.5. The smallest absolute Gasteiger partial charge is 0.257 e. The van der Waals surface area contributed by atoms with Gasteiger partial charge in [-0.3, -0.25) is 4.79 Å². The molecule has 1 saturated heterocycles. The molecule has 0 bridgehead atoms. The molecule has 1 unspecified atom stereocenters. The van der Waals surface area contributed by atoms with Gasteiger partial charge in [-0.15, -0.1) is 0 Å². The number of nitrogens with zero attached hydrogens (tertiary/aromatic N) is 3. The van der Waals surface area contributed by atoms with E-state index in [-0.39, 0.29) is 17.5 Å². The number of likely N-dealkylation sites (tertiary alicyclic amines) is 1. The molecule has 1 amide bonds. The van der Waals surface area contributed by atoms with Crippen LogP contribution in [0.15, 0.2) is 53.1 Å². The second kappa shape index (κ2) is 7.19. The van der Waals surface area contributed by atoms with Gasteiger partial charge in [-0.2, -0.15) is 4.98 Å². The summed E-state index contributed by atoms with van der Waals surface area (Å²) in [5.41, 5.74) is 0.811. The lowest BCUT2D eigenvalue weighted by molar-refractivity contribution is 0.0705. The molecule has 27 heavy (non-hydrogen) atoms. The quantitative estimate of drug-likeness (QED) is 0.700. The highest BCUT2D eigenvalue weighted by molar-refractivity contribution is 5.94. The maximum Gasteiger partial charge on any atom is 0.257 e. The molecule has 0 radical (unpaired) electrons. The Labute approximate surface area is 155 Å². The van der Waals surface area contributed by atoms with E-state index in [0.717, 1.165) is 12.0 Å². The molecule has 3 aromatic rings. The third kappa shape index (κ3) is 3.28. The first-order chi connectivity index (χ1) is 13.2. The predicted molar refractivity (Wildman–Crippen MR) is 95.7 cm³/mol. The number of aromatic nitrogens is 2. The first kappa shape index (κ1) is 17.2. The van der Waals surface area contributed by atoms with Crippen molar-refractivity contribution in [1.82, 2.24) is 15.0 Å². The van der Waals surface area contributed by atoms with Crippen molar-refractivity contribution in [2.45, 2.75) is 18.9 Å². The van der Waals surface area contributed by atoms with Crippen LogP contribution in [0.1, 0.15) is 35.1 Å². The highest BCUT2D eigenvalue weighted by atomic mass is 19.1. The van der Waals surface area contributed by atoms with Crippen LogP contribution in [0.3, 0.4) is 0 Å². The Hall–Kier alpha value is -3.22. The summed E-state index contributed by atoms with van der Waals surface area (Å²) in [6, 6.07) is 13.0. The fourth-order valence-electron chi connectivity index (χ4n) is 3.31. The number of carbonyl (C=O) groups is 1. The Balaban J connectivity index is 1.60. The number of hydrogen-bond donors (Lipinski definition) is 0. The molecule has 2 aromatic carbocycles. The van der Waals surface area contributed by atoms with Crippen molar-refractivity contribution in [3.63, 3.8) is 0 Å². The van der Waals surface area contributed by atoms with E-state index in [1.807, 2.05) is 24.3 Å². The van der Waals surface area contributed by atoms with Gasteiger partial charge >= 0.3 is 0 Å². The maximum atomic E-state index is 14.0. The van der Waals surface area contributed by atoms with Crippen LogP contribution in [-0.2, 0) is 0 Å². The average Bonchev–Trinajstić information content (AvgIpc) is 3.37. The number of hydrogen-bond acceptors (Lipinski definition) is 5. The summed E-state index contributed by atoms with van der Waals surface area (Å²) in [5.74, 6) is 0.577. The zero-order valence-electron chi connectivity index (χ0n) is 14.8. The van der Waals surface area contributed by atoms with Gasteiger partial charge in [-0.25, -0.2) is 4.39 Å². The van der Waals surface area contributed by atoms with Gasteiger partial charge in [0.1, 0.15) is 17.6 Å². The molecule has 7 heteroatoms. The summed E-state index contributed by atoms with van der Waals surface area (Å²) >= 11 is 0. The van der Waals surface area contributed by atoms with Crippen molar-refractivity contribution in [3.8, 4) is 17.1 Å². The summed E-state index contributed by atoms with van der Waals surface area (Å²) in [7, 11) is 1.59. The lowest BCUT2D eigenvalue weighted by atomic mass is 10.1. The molecule has 0 saturated carbocycles. The summed E-state index contributed by atoms with van der Waals surface area (Å²) in [6.07, 6.45) is 1.49. The maximum absolute atomic E-state index is 14.0. The van der Waals surface area contributed by atoms with Crippen molar-refractivity contribution in [2.75, 3.05) is 13.7 Å². The van der Waals surface area contributed by atoms with E-state index in [0.29, 0.717) is 30.4 Å². The van der Waals surface area contributed by atoms with Crippen molar-refractivity contribution in [3.05, 3.63) is 65.8 Å². The van der Waals surface area contributed by atoms with Crippen LogP contribution in [0.25, 0.3) is 11.4 Å². The van der Waals surface area contributed by atoms with Gasteiger partial charge in [0.15, 0.2) is 0 Å². The van der Waals surface area contributed by atoms with Crippen LogP contribution < -0.4 is 4.74 Å². The molecule has 0 aliphatic carbocycles. The van der Waals surface area contributed by atoms with Crippen molar-refractivity contribution >= 4 is 5.91 Å². The molecule has 2 heterocycles. The Kier molecular flexibility index (Phi) is 4.58. The summed E-state index contributed by atoms with van der Waals surface area (Å²) in [4.78, 5) is 18.9. The molecule has 0 spiro atoms. The van der Waals surface area contributed by atoms with Gasteiger partial charge in [0.25, 0.3) is 5.91 Å². The molecule has 1 aromatic heterocycles. The first-order valence-electron chi connectivity index (χ1n) is 8.71. The van der Waals surface area contributed by atoms with Crippen LogP contribution in [0.4, 0.5) is 4.39 Å². The Morgan fingerprint density at radius 1 is 1.26 bits per heavy atom. The largest absolute Gasteiger partial charge is 0.497 e. The second-order valence-corrected chi connectivity index (χ2v) is 6.32. The highest BCUT2D eigenvalue weighted by Gasteiger charge is 2.35. The van der Waals surface area contributed by atoms with Crippen molar-refractivity contribution in [2.24, 2.45) is 0 Å². The Morgan fingerprint density at radius 3 is 2.93 bits per heavy atom. The fourth-order valence-corrected chi connectivity index (χ4v) is 3.31. The molecule has 1 fully saturated rings. The molecular formula is C20H18FN3O3. The van der Waals surface area contributed by atoms with Crippen LogP contribution in [-0.4, -0.2) is 34.6 Å². The molecule has 1 atom stereocenters. The summed E-state index contributed by atoms with van der Waals surface area (Å²) in [5, 5.41) is 4.04. The number of ether oxygens (including phenoxy) is 1. The Bertz CT molecular complexity index is 972. The number of carbonyl (C=O) groups excluding carboxylic acids is 1. The minimum atomic E-state index is -0.532. The van der Waals surface area contributed by atoms with Gasteiger partial charge in [0.05, 0.1) is 12.7 Å². The fraction of sp³-hybridized carbons (Fsp3) is 0.250. The molecule has 0 N–H and O–H groups in total. The number of amides is 1. The summed E-state index contributed by atoms with van der Waals surface area (Å²) < 4.78 is 24.7. The highest BCUT2D eigenvalue weighted by Crippen LogP contribution is 2.33. The zero-order valence-corrected chi connectivity index (χ0v) is 14.8. The van der Waals surface area contributed by atoms with Crippen molar-refractivity contribution in [1.29, 1.82) is 0 Å². The van der Waals surface area contributed by atoms with E-state index in [4.69, 9.17) is 9.26 Å². The third-order valence-electron chi connectivity index (χ3n) is 4.67. The minimum Gasteiger partial charge on any atom is -0.497 e. The number of halogens is 1. The minimum absolute atomic E-state index is 0.0527. The van der Waals surface area contributed by atoms with Crippen LogP contribution >= 0.6 is 0 Å². The van der Waals surface area contributed by atoms with Gasteiger partial charge < -0.3 is 14.2 Å². The zero-order chi connectivity index (χ0) is 18.8. The van der Waals surface area contributed by atoms with Crippen molar-refractivity contribution < 1.29 is 18.4 Å². The standard InChI is InChI=1S/C20H18FN3O3/c1-26-14-7-4-6-13(12-14)18-22-19(27-23-18)17-10-5-11-24(17)20(25)15-8-2-3-9-16(15)21/h2-4,6-9,12,17H,5,10-11H2,1H3. The molecule has 138 valence electrons. The van der Waals surface area contributed by atoms with E-state index in [9.17, 15) is 9.18 Å². The van der Waals surface area contributed by atoms with E-state index in [2.05, 4.69) is 10.1 Å². The number of methoxy groups -OCH3 is 1. The van der Waals surface area contributed by atoms with Gasteiger partial charge in [0, 0.05) is 12.1 Å². The second-order valence-electron chi connectivity index (χ2n) is 6.32. The lowest BCUT2D eigenvalue weighted by Crippen LogP contribution is -2.31. The first-order valence-corrected chi connectivity index (χ1v) is 8.71. The monoisotopic (exact) mass is 367 g/mol. The van der Waals surface area contributed by atoms with Crippen LogP contribution in [0.5, 0.6) is 5.75 Å². The molecule has 4 rings (SSSR count). The number of rotatable bonds is 4. The van der Waals surface area contributed by atoms with Gasteiger partial charge in [-0.05, 0) is 37.1 Å². The predicted octanol–water partition coefficient (Wildman–Crippen LogP) is 3.86. The van der Waals surface area contributed by atoms with Gasteiger partial charge in [-0.1, -0.05) is 29.4 Å². The van der Waals surface area contributed by atoms with Crippen LogP contribution in [0.2, 0.25) is 0 Å². The number of benzene rings is 2. The lowest BCUT2D eigenvalue weighted by Gasteiger charge is -2.22. The molecule has 1 aliphatic rings. The third-order valence-corrected chi connectivity index (χ3v) is 4.67. The molecule has 6 nitrogen and oxygen atoms in total. The van der Waals surface area contributed by atoms with E-state index in [1.165, 1.54) is 12.1 Å². The topological polar surface area (TPSA) is 68.5 Å². The molecular weight excluding hydrogens is 349 g/mol. The SMILES string of the molecule is COc1cccc(-c2noc(C3CCCN3C(=O)c3ccccc3F)n2)c1.